The molecule has 2 N–H and O–H groups in total. The van der Waals surface area contributed by atoms with Crippen molar-refractivity contribution in [3.05, 3.63) is 12.4 Å². The number of hydrogen-bond acceptors (Lipinski definition) is 5. The maximum atomic E-state index is 12.4. The van der Waals surface area contributed by atoms with E-state index < -0.39 is 10.0 Å². The number of nitrogens with zero attached hydrogens (tertiary/aromatic N) is 5. The number of guanidine groups is 1. The predicted molar refractivity (Wildman–Crippen MR) is 111 cm³/mol. The van der Waals surface area contributed by atoms with Gasteiger partial charge in [0, 0.05) is 46.5 Å². The third-order valence-corrected chi connectivity index (χ3v) is 4.46. The molecule has 0 unspecified atom stereocenters. The Morgan fingerprint density at radius 1 is 1.35 bits per heavy atom. The molecule has 0 aromatic carbocycles. The zero-order valence-electron chi connectivity index (χ0n) is 15.2. The van der Waals surface area contributed by atoms with Gasteiger partial charge < -0.3 is 15.1 Å². The number of aliphatic imine (C=N–C) groups is 1. The Bertz CT molecular complexity index is 735. The van der Waals surface area contributed by atoms with Gasteiger partial charge in [-0.3, -0.25) is 14.5 Å². The van der Waals surface area contributed by atoms with Gasteiger partial charge in [-0.1, -0.05) is 0 Å². The number of nitrogens with one attached hydrogen (secondary N) is 2. The van der Waals surface area contributed by atoms with Crippen LogP contribution in [0.3, 0.4) is 0 Å². The molecule has 148 valence electrons. The Labute approximate surface area is 171 Å². The summed E-state index contributed by atoms with van der Waals surface area (Å²) in [7, 11) is 0.311. The molecule has 1 aliphatic heterocycles. The number of amides is 1. The molecule has 0 bridgehead atoms. The standard InChI is InChI=1S/C14H25N7O3S.HI/c1-15-14(16-5-4-6-18-25(3,23)24)20-7-8-21(13(22)11-20)12-9-17-19(2)10-12;/h9-10,18H,4-8,11H2,1-3H3,(H,15,16);1H. The summed E-state index contributed by atoms with van der Waals surface area (Å²) in [5, 5.41) is 7.25. The predicted octanol–water partition coefficient (Wildman–Crippen LogP) is -0.799. The Hall–Kier alpha value is -1.41. The molecule has 1 aromatic heterocycles. The third-order valence-electron chi connectivity index (χ3n) is 3.74. The van der Waals surface area contributed by atoms with E-state index in [9.17, 15) is 13.2 Å². The summed E-state index contributed by atoms with van der Waals surface area (Å²) in [6, 6.07) is 0. The molecule has 2 rings (SSSR count). The zero-order valence-corrected chi connectivity index (χ0v) is 18.3. The molecule has 0 atom stereocenters. The molecule has 12 heteroatoms. The van der Waals surface area contributed by atoms with Crippen molar-refractivity contribution in [1.29, 1.82) is 0 Å². The van der Waals surface area contributed by atoms with Crippen LogP contribution in [0.1, 0.15) is 6.42 Å². The number of anilines is 1. The zero-order chi connectivity index (χ0) is 18.4. The summed E-state index contributed by atoms with van der Waals surface area (Å²) in [5.41, 5.74) is 0.793. The van der Waals surface area contributed by atoms with Gasteiger partial charge in [0.2, 0.25) is 15.9 Å². The summed E-state index contributed by atoms with van der Waals surface area (Å²) in [4.78, 5) is 20.2. The number of piperazine rings is 1. The van der Waals surface area contributed by atoms with E-state index in [1.54, 1.807) is 22.8 Å². The van der Waals surface area contributed by atoms with Gasteiger partial charge in [-0.25, -0.2) is 13.1 Å². The van der Waals surface area contributed by atoms with Crippen LogP contribution in [-0.4, -0.2) is 81.0 Å². The lowest BCUT2D eigenvalue weighted by molar-refractivity contribution is -0.120. The van der Waals surface area contributed by atoms with Crippen molar-refractivity contribution < 1.29 is 13.2 Å². The summed E-state index contributed by atoms with van der Waals surface area (Å²) in [6.07, 6.45) is 5.24. The van der Waals surface area contributed by atoms with Crippen LogP contribution in [0.25, 0.3) is 0 Å². The summed E-state index contributed by atoms with van der Waals surface area (Å²) in [5.74, 6) is 0.625. The topological polar surface area (TPSA) is 112 Å². The van der Waals surface area contributed by atoms with E-state index in [1.807, 2.05) is 18.1 Å². The van der Waals surface area contributed by atoms with Crippen LogP contribution < -0.4 is 14.9 Å². The number of carbonyl (C=O) groups is 1. The van der Waals surface area contributed by atoms with Gasteiger partial charge in [-0.05, 0) is 6.42 Å². The molecular formula is C14H26IN7O3S. The number of aryl methyl sites for hydroxylation is 1. The molecule has 1 aliphatic rings. The Morgan fingerprint density at radius 3 is 2.62 bits per heavy atom. The number of hydrogen-bond donors (Lipinski definition) is 2. The minimum Gasteiger partial charge on any atom is -0.356 e. The maximum absolute atomic E-state index is 12.4. The van der Waals surface area contributed by atoms with Crippen molar-refractivity contribution in [3.8, 4) is 0 Å². The molecule has 26 heavy (non-hydrogen) atoms. The van der Waals surface area contributed by atoms with Crippen molar-refractivity contribution in [2.75, 3.05) is 50.9 Å². The van der Waals surface area contributed by atoms with Crippen LogP contribution in [0.15, 0.2) is 17.4 Å². The van der Waals surface area contributed by atoms with Crippen molar-refractivity contribution >= 4 is 51.6 Å². The monoisotopic (exact) mass is 499 g/mol. The number of carbonyl (C=O) groups excluding carboxylic acids is 1. The Morgan fingerprint density at radius 2 is 2.08 bits per heavy atom. The minimum atomic E-state index is -3.16. The van der Waals surface area contributed by atoms with Crippen LogP contribution in [0, 0.1) is 0 Å². The lowest BCUT2D eigenvalue weighted by Crippen LogP contribution is -2.55. The van der Waals surface area contributed by atoms with Crippen molar-refractivity contribution in [1.82, 2.24) is 24.7 Å². The molecule has 0 spiro atoms. The summed E-state index contributed by atoms with van der Waals surface area (Å²) in [6.45, 7) is 2.36. The first-order valence-electron chi connectivity index (χ1n) is 7.99. The van der Waals surface area contributed by atoms with Gasteiger partial charge in [0.1, 0.15) is 6.54 Å². The molecular weight excluding hydrogens is 473 g/mol. The van der Waals surface area contributed by atoms with Crippen LogP contribution in [0.2, 0.25) is 0 Å². The number of halogens is 1. The number of sulfonamides is 1. The third kappa shape index (κ3) is 6.72. The second-order valence-electron chi connectivity index (χ2n) is 5.83. The average molecular weight is 499 g/mol. The number of rotatable bonds is 6. The summed E-state index contributed by atoms with van der Waals surface area (Å²) >= 11 is 0. The van der Waals surface area contributed by atoms with E-state index in [0.29, 0.717) is 38.6 Å². The molecule has 1 amide bonds. The quantitative estimate of drug-likeness (QED) is 0.230. The number of aromatic nitrogens is 2. The Balaban J connectivity index is 0.00000338. The van der Waals surface area contributed by atoms with Gasteiger partial charge in [-0.2, -0.15) is 5.10 Å². The fourth-order valence-corrected chi connectivity index (χ4v) is 3.07. The maximum Gasteiger partial charge on any atom is 0.246 e. The lowest BCUT2D eigenvalue weighted by atomic mass is 10.3. The second-order valence-corrected chi connectivity index (χ2v) is 7.67. The average Bonchev–Trinajstić information content (AvgIpc) is 2.96. The molecule has 1 aromatic rings. The molecule has 0 radical (unpaired) electrons. The summed E-state index contributed by atoms with van der Waals surface area (Å²) < 4.78 is 26.1. The fourth-order valence-electron chi connectivity index (χ4n) is 2.55. The first kappa shape index (κ1) is 22.6. The van der Waals surface area contributed by atoms with Crippen molar-refractivity contribution in [2.24, 2.45) is 12.0 Å². The highest BCUT2D eigenvalue weighted by molar-refractivity contribution is 14.0. The lowest BCUT2D eigenvalue weighted by Gasteiger charge is -2.35. The van der Waals surface area contributed by atoms with Gasteiger partial charge in [0.15, 0.2) is 5.96 Å². The smallest absolute Gasteiger partial charge is 0.246 e. The molecule has 1 saturated heterocycles. The van der Waals surface area contributed by atoms with Crippen LogP contribution >= 0.6 is 24.0 Å². The first-order valence-corrected chi connectivity index (χ1v) is 9.88. The van der Waals surface area contributed by atoms with E-state index in [-0.39, 0.29) is 36.4 Å². The largest absolute Gasteiger partial charge is 0.356 e. The SMILES string of the molecule is CN=C(NCCCNS(C)(=O)=O)N1CCN(c2cnn(C)c2)C(=O)C1.I. The highest BCUT2D eigenvalue weighted by Gasteiger charge is 2.27. The molecule has 1 fully saturated rings. The molecule has 0 aliphatic carbocycles. The van der Waals surface area contributed by atoms with E-state index >= 15 is 0 Å². The Kier molecular flexibility index (Phi) is 8.76. The second kappa shape index (κ2) is 10.1. The molecule has 10 nitrogen and oxygen atoms in total. The van der Waals surface area contributed by atoms with Gasteiger partial charge in [0.05, 0.1) is 18.1 Å². The first-order chi connectivity index (χ1) is 11.8. The van der Waals surface area contributed by atoms with Gasteiger partial charge in [0.25, 0.3) is 0 Å². The highest BCUT2D eigenvalue weighted by atomic mass is 127. The van der Waals surface area contributed by atoms with Crippen LogP contribution in [0.4, 0.5) is 5.69 Å². The van der Waals surface area contributed by atoms with Crippen LogP contribution in [-0.2, 0) is 21.9 Å². The van der Waals surface area contributed by atoms with Crippen molar-refractivity contribution in [2.45, 2.75) is 6.42 Å². The highest BCUT2D eigenvalue weighted by Crippen LogP contribution is 2.15. The van der Waals surface area contributed by atoms with E-state index in [2.05, 4.69) is 20.1 Å². The van der Waals surface area contributed by atoms with Gasteiger partial charge in [-0.15, -0.1) is 24.0 Å². The van der Waals surface area contributed by atoms with E-state index in [1.165, 1.54) is 0 Å². The fraction of sp³-hybridized carbons (Fsp3) is 0.643. The van der Waals surface area contributed by atoms with Gasteiger partial charge >= 0.3 is 0 Å². The van der Waals surface area contributed by atoms with Crippen molar-refractivity contribution in [3.63, 3.8) is 0 Å². The minimum absolute atomic E-state index is 0. The molecule has 2 heterocycles. The van der Waals surface area contributed by atoms with E-state index in [0.717, 1.165) is 11.9 Å². The normalized spacial score (nSPS) is 15.8. The van der Waals surface area contributed by atoms with Crippen LogP contribution in [0.5, 0.6) is 0 Å². The van der Waals surface area contributed by atoms with E-state index in [4.69, 9.17) is 0 Å². The molecule has 0 saturated carbocycles.